The fourth-order valence-electron chi connectivity index (χ4n) is 2.83. The standard InChI is InChI=1S/C20H36NO3/c1-2-3-4-5-8-11-14-17-20(21(23)24)18-15-12-9-6-7-10-13-16-19-22/h14,17,20H,2-13,15-16,18H2,1H3/b17-14+. The lowest BCUT2D eigenvalue weighted by Crippen LogP contribution is -2.16. The Bertz CT molecular complexity index is 329. The summed E-state index contributed by atoms with van der Waals surface area (Å²) in [5.41, 5.74) is 0. The molecule has 0 amide bonds. The maximum Gasteiger partial charge on any atom is 0.231 e. The molecule has 0 aromatic carbocycles. The summed E-state index contributed by atoms with van der Waals surface area (Å²) in [6.45, 7) is 2.20. The van der Waals surface area contributed by atoms with Crippen LogP contribution in [0, 0.1) is 10.1 Å². The Morgan fingerprint density at radius 1 is 0.917 bits per heavy atom. The van der Waals surface area contributed by atoms with E-state index in [4.69, 9.17) is 0 Å². The molecule has 0 aromatic heterocycles. The van der Waals surface area contributed by atoms with Gasteiger partial charge in [-0.25, -0.2) is 0 Å². The van der Waals surface area contributed by atoms with Crippen LogP contribution in [-0.2, 0) is 4.79 Å². The number of carbonyl (C=O) groups excluding carboxylic acids is 1. The van der Waals surface area contributed by atoms with Crippen molar-refractivity contribution in [3.63, 3.8) is 0 Å². The highest BCUT2D eigenvalue weighted by atomic mass is 16.6. The van der Waals surface area contributed by atoms with Crippen LogP contribution in [0.5, 0.6) is 0 Å². The van der Waals surface area contributed by atoms with Crippen molar-refractivity contribution >= 4 is 6.29 Å². The third-order valence-electron chi connectivity index (χ3n) is 4.38. The molecule has 0 N–H and O–H groups in total. The van der Waals surface area contributed by atoms with Crippen LogP contribution in [0.4, 0.5) is 0 Å². The van der Waals surface area contributed by atoms with Crippen molar-refractivity contribution in [2.45, 2.75) is 109 Å². The Morgan fingerprint density at radius 2 is 1.50 bits per heavy atom. The molecule has 4 heteroatoms. The van der Waals surface area contributed by atoms with E-state index >= 15 is 0 Å². The first-order valence-electron chi connectivity index (χ1n) is 9.87. The smallest absolute Gasteiger partial charge is 0.231 e. The molecule has 0 aliphatic rings. The zero-order valence-electron chi connectivity index (χ0n) is 15.5. The topological polar surface area (TPSA) is 60.2 Å². The molecular weight excluding hydrogens is 302 g/mol. The van der Waals surface area contributed by atoms with Gasteiger partial charge < -0.3 is 0 Å². The van der Waals surface area contributed by atoms with Crippen LogP contribution in [0.25, 0.3) is 0 Å². The number of allylic oxidation sites excluding steroid dienone is 1. The van der Waals surface area contributed by atoms with Crippen LogP contribution in [0.1, 0.15) is 103 Å². The second-order valence-corrected chi connectivity index (χ2v) is 6.64. The van der Waals surface area contributed by atoms with Crippen LogP contribution in [-0.4, -0.2) is 17.3 Å². The molecule has 0 aromatic rings. The Hall–Kier alpha value is -1.19. The summed E-state index contributed by atoms with van der Waals surface area (Å²) in [4.78, 5) is 21.0. The summed E-state index contributed by atoms with van der Waals surface area (Å²) in [5.74, 6) is 0. The summed E-state index contributed by atoms with van der Waals surface area (Å²) >= 11 is 0. The molecule has 0 bridgehead atoms. The van der Waals surface area contributed by atoms with Gasteiger partial charge in [0.15, 0.2) is 6.29 Å². The van der Waals surface area contributed by atoms with Gasteiger partial charge >= 0.3 is 0 Å². The second-order valence-electron chi connectivity index (χ2n) is 6.64. The van der Waals surface area contributed by atoms with Crippen molar-refractivity contribution in [3.05, 3.63) is 22.3 Å². The van der Waals surface area contributed by atoms with Gasteiger partial charge in [-0.05, 0) is 31.8 Å². The summed E-state index contributed by atoms with van der Waals surface area (Å²) in [5, 5.41) is 11.1. The molecule has 0 rings (SSSR count). The zero-order valence-corrected chi connectivity index (χ0v) is 15.5. The number of rotatable bonds is 18. The molecule has 1 unspecified atom stereocenters. The summed E-state index contributed by atoms with van der Waals surface area (Å²) in [6.07, 6.45) is 21.5. The Morgan fingerprint density at radius 3 is 2.12 bits per heavy atom. The molecule has 4 nitrogen and oxygen atoms in total. The fraction of sp³-hybridized carbons (Fsp3) is 0.850. The molecule has 0 saturated heterocycles. The van der Waals surface area contributed by atoms with E-state index in [1.165, 1.54) is 25.7 Å². The van der Waals surface area contributed by atoms with Gasteiger partial charge in [-0.15, -0.1) is 0 Å². The van der Waals surface area contributed by atoms with Crippen molar-refractivity contribution in [1.82, 2.24) is 0 Å². The largest absolute Gasteiger partial charge is 0.291 e. The third kappa shape index (κ3) is 15.7. The van der Waals surface area contributed by atoms with Gasteiger partial charge in [0.05, 0.1) is 0 Å². The number of nitro groups is 1. The number of nitrogens with zero attached hydrogens (tertiary/aromatic N) is 1. The summed E-state index contributed by atoms with van der Waals surface area (Å²) in [7, 11) is 0. The van der Waals surface area contributed by atoms with Gasteiger partial charge in [-0.3, -0.25) is 14.9 Å². The highest BCUT2D eigenvalue weighted by molar-refractivity contribution is 5.50. The molecule has 0 aliphatic heterocycles. The molecule has 0 fully saturated rings. The average molecular weight is 339 g/mol. The molecule has 1 atom stereocenters. The Balaban J connectivity index is 3.62. The van der Waals surface area contributed by atoms with Crippen molar-refractivity contribution in [2.75, 3.05) is 0 Å². The van der Waals surface area contributed by atoms with E-state index in [1.807, 2.05) is 12.4 Å². The van der Waals surface area contributed by atoms with Gasteiger partial charge in [0.2, 0.25) is 6.04 Å². The van der Waals surface area contributed by atoms with Gasteiger partial charge in [-0.2, -0.15) is 0 Å². The SMILES string of the molecule is CCCCCCC/C=C/C(CCCCCCCCC[C]=O)[N+](=O)[O-]. The van der Waals surface area contributed by atoms with Crippen LogP contribution in [0.2, 0.25) is 0 Å². The average Bonchev–Trinajstić information content (AvgIpc) is 2.57. The van der Waals surface area contributed by atoms with E-state index in [1.54, 1.807) is 6.08 Å². The van der Waals surface area contributed by atoms with Crippen LogP contribution in [0.3, 0.4) is 0 Å². The van der Waals surface area contributed by atoms with Crippen LogP contribution in [0.15, 0.2) is 12.2 Å². The van der Waals surface area contributed by atoms with E-state index in [0.29, 0.717) is 12.8 Å². The fourth-order valence-corrected chi connectivity index (χ4v) is 2.83. The molecule has 1 radical (unpaired) electrons. The van der Waals surface area contributed by atoms with Gasteiger partial charge in [0, 0.05) is 17.8 Å². The van der Waals surface area contributed by atoms with Crippen molar-refractivity contribution in [2.24, 2.45) is 0 Å². The minimum absolute atomic E-state index is 0.149. The molecule has 0 heterocycles. The van der Waals surface area contributed by atoms with Gasteiger partial charge in [-0.1, -0.05) is 70.8 Å². The number of unbranched alkanes of at least 4 members (excludes halogenated alkanes) is 12. The third-order valence-corrected chi connectivity index (χ3v) is 4.38. The monoisotopic (exact) mass is 338 g/mol. The number of hydrogen-bond donors (Lipinski definition) is 0. The van der Waals surface area contributed by atoms with E-state index in [0.717, 1.165) is 57.8 Å². The van der Waals surface area contributed by atoms with Crippen LogP contribution < -0.4 is 0 Å². The minimum Gasteiger partial charge on any atom is -0.291 e. The van der Waals surface area contributed by atoms with E-state index in [2.05, 4.69) is 6.92 Å². The molecule has 0 spiro atoms. The van der Waals surface area contributed by atoms with Gasteiger partial charge in [0.1, 0.15) is 0 Å². The first-order chi connectivity index (χ1) is 11.7. The molecule has 0 saturated carbocycles. The molecule has 24 heavy (non-hydrogen) atoms. The summed E-state index contributed by atoms with van der Waals surface area (Å²) < 4.78 is 0. The lowest BCUT2D eigenvalue weighted by atomic mass is 10.0. The molecular formula is C20H36NO3. The minimum atomic E-state index is -0.510. The first kappa shape index (κ1) is 22.8. The summed E-state index contributed by atoms with van der Waals surface area (Å²) in [6, 6.07) is -0.510. The maximum atomic E-state index is 11.1. The first-order valence-corrected chi connectivity index (χ1v) is 9.87. The Labute approximate surface area is 148 Å². The highest BCUT2D eigenvalue weighted by Crippen LogP contribution is 2.13. The molecule has 139 valence electrons. The maximum absolute atomic E-state index is 11.1. The van der Waals surface area contributed by atoms with Crippen LogP contribution >= 0.6 is 0 Å². The second kappa shape index (κ2) is 18.2. The molecule has 0 aliphatic carbocycles. The van der Waals surface area contributed by atoms with E-state index in [9.17, 15) is 14.9 Å². The predicted molar refractivity (Wildman–Crippen MR) is 101 cm³/mol. The predicted octanol–water partition coefficient (Wildman–Crippen LogP) is 6.17. The van der Waals surface area contributed by atoms with Gasteiger partial charge in [0.25, 0.3) is 0 Å². The van der Waals surface area contributed by atoms with E-state index < -0.39 is 6.04 Å². The van der Waals surface area contributed by atoms with Crippen molar-refractivity contribution in [1.29, 1.82) is 0 Å². The lowest BCUT2D eigenvalue weighted by molar-refractivity contribution is -0.510. The Kier molecular flexibility index (Phi) is 17.3. The van der Waals surface area contributed by atoms with Crippen molar-refractivity contribution < 1.29 is 9.72 Å². The normalized spacial score (nSPS) is 12.5. The van der Waals surface area contributed by atoms with E-state index in [-0.39, 0.29) is 4.92 Å². The lowest BCUT2D eigenvalue weighted by Gasteiger charge is -2.05. The quantitative estimate of drug-likeness (QED) is 0.130. The zero-order chi connectivity index (χ0) is 17.9. The highest BCUT2D eigenvalue weighted by Gasteiger charge is 2.14. The van der Waals surface area contributed by atoms with Crippen molar-refractivity contribution in [3.8, 4) is 0 Å². The number of hydrogen-bond acceptors (Lipinski definition) is 3.